The van der Waals surface area contributed by atoms with Gasteiger partial charge in [0.25, 0.3) is 11.5 Å². The van der Waals surface area contributed by atoms with Gasteiger partial charge in [-0.3, -0.25) is 9.59 Å². The Labute approximate surface area is 214 Å². The zero-order valence-electron chi connectivity index (χ0n) is 19.2. The van der Waals surface area contributed by atoms with Crippen LogP contribution in [0.15, 0.2) is 76.3 Å². The number of hydrogen-bond acceptors (Lipinski definition) is 6. The van der Waals surface area contributed by atoms with E-state index in [1.807, 2.05) is 4.72 Å². The van der Waals surface area contributed by atoms with Crippen molar-refractivity contribution in [1.82, 2.24) is 18.8 Å². The van der Waals surface area contributed by atoms with Gasteiger partial charge in [0.05, 0.1) is 28.4 Å². The molecule has 188 valence electrons. The molecule has 0 fully saturated rings. The van der Waals surface area contributed by atoms with Crippen LogP contribution in [-0.2, 0) is 16.6 Å². The van der Waals surface area contributed by atoms with Crippen molar-refractivity contribution in [2.45, 2.75) is 6.54 Å². The summed E-state index contributed by atoms with van der Waals surface area (Å²) >= 11 is 6.27. The summed E-state index contributed by atoms with van der Waals surface area (Å²) < 4.78 is 28.3. The number of benzene rings is 3. The van der Waals surface area contributed by atoms with Crippen LogP contribution >= 0.6 is 11.6 Å². The molecular weight excluding hydrogens is 520 g/mol. The summed E-state index contributed by atoms with van der Waals surface area (Å²) in [4.78, 5) is 42.9. The van der Waals surface area contributed by atoms with Gasteiger partial charge in [0.15, 0.2) is 0 Å². The van der Waals surface area contributed by atoms with E-state index in [0.717, 1.165) is 10.8 Å². The molecule has 10 nitrogen and oxygen atoms in total. The van der Waals surface area contributed by atoms with Gasteiger partial charge < -0.3 is 14.7 Å². The zero-order chi connectivity index (χ0) is 26.5. The van der Waals surface area contributed by atoms with Crippen LogP contribution in [0.25, 0.3) is 27.5 Å². The van der Waals surface area contributed by atoms with E-state index in [0.29, 0.717) is 16.6 Å². The molecule has 2 heterocycles. The predicted molar refractivity (Wildman–Crippen MR) is 140 cm³/mol. The minimum absolute atomic E-state index is 0.000710. The van der Waals surface area contributed by atoms with Gasteiger partial charge in [0, 0.05) is 17.0 Å². The number of rotatable bonds is 5. The van der Waals surface area contributed by atoms with Crippen LogP contribution in [-0.4, -0.2) is 39.8 Å². The minimum atomic E-state index is -4.02. The average molecular weight is 539 g/mol. The van der Waals surface area contributed by atoms with Crippen molar-refractivity contribution in [2.75, 3.05) is 6.26 Å². The fraction of sp³-hybridized carbons (Fsp3) is 0.0800. The quantitative estimate of drug-likeness (QED) is 0.314. The van der Waals surface area contributed by atoms with Gasteiger partial charge in [0.1, 0.15) is 11.4 Å². The number of aromatic hydroxyl groups is 1. The number of fused-ring (bicyclic) bond motifs is 2. The van der Waals surface area contributed by atoms with Gasteiger partial charge in [-0.15, -0.1) is 0 Å². The Morgan fingerprint density at radius 1 is 1.03 bits per heavy atom. The third-order valence-corrected chi connectivity index (χ3v) is 6.56. The number of halogens is 1. The minimum Gasteiger partial charge on any atom is -0.508 e. The summed E-state index contributed by atoms with van der Waals surface area (Å²) in [7, 11) is -4.02. The van der Waals surface area contributed by atoms with E-state index in [9.17, 15) is 27.9 Å². The van der Waals surface area contributed by atoms with Gasteiger partial charge >= 0.3 is 5.69 Å². The molecule has 5 rings (SSSR count). The first-order valence-electron chi connectivity index (χ1n) is 10.9. The molecule has 0 aliphatic carbocycles. The Hall–Kier alpha value is -4.35. The number of amides is 1. The van der Waals surface area contributed by atoms with E-state index in [1.165, 1.54) is 28.8 Å². The first-order valence-corrected chi connectivity index (χ1v) is 13.2. The Morgan fingerprint density at radius 3 is 2.51 bits per heavy atom. The van der Waals surface area contributed by atoms with Crippen LogP contribution in [0.5, 0.6) is 5.75 Å². The van der Waals surface area contributed by atoms with Crippen molar-refractivity contribution in [3.8, 4) is 11.4 Å². The van der Waals surface area contributed by atoms with Crippen molar-refractivity contribution in [2.24, 2.45) is 0 Å². The summed E-state index contributed by atoms with van der Waals surface area (Å²) in [6, 6.07) is 17.3. The Kier molecular flexibility index (Phi) is 5.89. The molecule has 0 saturated heterocycles. The average Bonchev–Trinajstić information content (AvgIpc) is 3.11. The molecule has 37 heavy (non-hydrogen) atoms. The molecule has 12 heteroatoms. The highest BCUT2D eigenvalue weighted by molar-refractivity contribution is 7.89. The van der Waals surface area contributed by atoms with Crippen LogP contribution in [0.2, 0.25) is 5.02 Å². The lowest BCUT2D eigenvalue weighted by Crippen LogP contribution is -2.37. The summed E-state index contributed by atoms with van der Waals surface area (Å²) in [5.41, 5.74) is -0.632. The second-order valence-electron chi connectivity index (χ2n) is 8.43. The maximum atomic E-state index is 13.6. The van der Waals surface area contributed by atoms with E-state index in [1.54, 1.807) is 42.5 Å². The standard InChI is InChI=1S/C25H19ClN4O6S/c1-37(35,36)28-23(32)22-21(30-24(33)17-7-2-3-8-19(17)27-25(30)34)18-12-15(26)9-10-20(18)29(22)13-14-5-4-6-16(31)11-14/h2-12,31H,13H2,1H3,(H,27,34)(H,28,32). The molecule has 2 aromatic heterocycles. The van der Waals surface area contributed by atoms with Crippen LogP contribution in [0, 0.1) is 0 Å². The van der Waals surface area contributed by atoms with E-state index in [2.05, 4.69) is 4.98 Å². The second kappa shape index (κ2) is 8.95. The van der Waals surface area contributed by atoms with Gasteiger partial charge in [-0.1, -0.05) is 35.9 Å². The molecule has 3 N–H and O–H groups in total. The van der Waals surface area contributed by atoms with E-state index >= 15 is 0 Å². The van der Waals surface area contributed by atoms with Gasteiger partial charge in [-0.05, 0) is 48.0 Å². The number of phenols is 1. The van der Waals surface area contributed by atoms with Crippen molar-refractivity contribution in [1.29, 1.82) is 0 Å². The topological polar surface area (TPSA) is 143 Å². The van der Waals surface area contributed by atoms with Crippen molar-refractivity contribution in [3.63, 3.8) is 0 Å². The van der Waals surface area contributed by atoms with Gasteiger partial charge in [-0.2, -0.15) is 0 Å². The second-order valence-corrected chi connectivity index (χ2v) is 10.6. The molecular formula is C25H19ClN4O6S. The molecule has 0 atom stereocenters. The highest BCUT2D eigenvalue weighted by Gasteiger charge is 2.28. The molecule has 1 amide bonds. The number of carbonyl (C=O) groups excluding carboxylic acids is 1. The maximum Gasteiger partial charge on any atom is 0.333 e. The molecule has 0 aliphatic rings. The van der Waals surface area contributed by atoms with E-state index in [-0.39, 0.29) is 39.5 Å². The normalized spacial score (nSPS) is 11.7. The van der Waals surface area contributed by atoms with Crippen molar-refractivity contribution in [3.05, 3.63) is 104 Å². The number of sulfonamides is 1. The molecule has 0 radical (unpaired) electrons. The summed E-state index contributed by atoms with van der Waals surface area (Å²) in [5, 5.41) is 10.7. The van der Waals surface area contributed by atoms with Crippen LogP contribution in [0.3, 0.4) is 0 Å². The lowest BCUT2D eigenvalue weighted by molar-refractivity contribution is 0.0973. The van der Waals surface area contributed by atoms with Crippen molar-refractivity contribution >= 4 is 49.3 Å². The molecule has 0 aliphatic heterocycles. The van der Waals surface area contributed by atoms with Crippen LogP contribution < -0.4 is 16.0 Å². The number of phenolic OH excluding ortho intramolecular Hbond substituents is 1. The largest absolute Gasteiger partial charge is 0.508 e. The number of nitrogens with zero attached hydrogens (tertiary/aromatic N) is 2. The summed E-state index contributed by atoms with van der Waals surface area (Å²) in [6.07, 6.45) is 0.818. The fourth-order valence-corrected chi connectivity index (χ4v) is 4.96. The lowest BCUT2D eigenvalue weighted by atomic mass is 10.2. The molecule has 5 aromatic rings. The summed E-state index contributed by atoms with van der Waals surface area (Å²) in [6.45, 7) is -0.000710. The Balaban J connectivity index is 1.93. The van der Waals surface area contributed by atoms with Crippen LogP contribution in [0.1, 0.15) is 16.1 Å². The van der Waals surface area contributed by atoms with Crippen molar-refractivity contribution < 1.29 is 18.3 Å². The number of H-pyrrole nitrogens is 1. The zero-order valence-corrected chi connectivity index (χ0v) is 20.8. The lowest BCUT2D eigenvalue weighted by Gasteiger charge is -2.13. The molecule has 0 spiro atoms. The highest BCUT2D eigenvalue weighted by Crippen LogP contribution is 2.32. The summed E-state index contributed by atoms with van der Waals surface area (Å²) in [5.74, 6) is -1.06. The fourth-order valence-electron chi connectivity index (χ4n) is 4.35. The number of aromatic nitrogens is 3. The number of nitrogens with one attached hydrogen (secondary N) is 2. The third-order valence-electron chi connectivity index (χ3n) is 5.77. The first kappa shape index (κ1) is 24.3. The smallest absolute Gasteiger partial charge is 0.333 e. The van der Waals surface area contributed by atoms with Gasteiger partial charge in [-0.25, -0.2) is 22.5 Å². The van der Waals surface area contributed by atoms with E-state index < -0.39 is 27.2 Å². The molecule has 3 aromatic carbocycles. The highest BCUT2D eigenvalue weighted by atomic mass is 35.5. The Morgan fingerprint density at radius 2 is 1.78 bits per heavy atom. The molecule has 0 unspecified atom stereocenters. The predicted octanol–water partition coefficient (Wildman–Crippen LogP) is 2.73. The monoisotopic (exact) mass is 538 g/mol. The third kappa shape index (κ3) is 4.50. The SMILES string of the molecule is CS(=O)(=O)NC(=O)c1c(-n2c(=O)[nH]c3ccccc3c2=O)c2cc(Cl)ccc2n1Cc1cccc(O)c1. The number of hydrogen-bond donors (Lipinski definition) is 3. The number of carbonyl (C=O) groups is 1. The number of para-hydroxylation sites is 1. The van der Waals surface area contributed by atoms with E-state index in [4.69, 9.17) is 11.6 Å². The molecule has 0 bridgehead atoms. The van der Waals surface area contributed by atoms with Gasteiger partial charge in [0.2, 0.25) is 10.0 Å². The number of aromatic amines is 1. The maximum absolute atomic E-state index is 13.6. The Bertz CT molecular complexity index is 1960. The van der Waals surface area contributed by atoms with Crippen LogP contribution in [0.4, 0.5) is 0 Å². The first-order chi connectivity index (χ1) is 17.5. The molecule has 0 saturated carbocycles.